The van der Waals surface area contributed by atoms with Gasteiger partial charge in [0.1, 0.15) is 5.75 Å². The minimum atomic E-state index is -0.233. The normalized spacial score (nSPS) is 11.0. The molecule has 0 unspecified atom stereocenters. The molecule has 0 aliphatic carbocycles. The molecule has 184 valence electrons. The Morgan fingerprint density at radius 3 is 1.59 bits per heavy atom. The number of amides is 1. The first kappa shape index (κ1) is 28.5. The van der Waals surface area contributed by atoms with E-state index in [1.807, 2.05) is 0 Å². The van der Waals surface area contributed by atoms with Crippen molar-refractivity contribution < 1.29 is 9.53 Å². The Morgan fingerprint density at radius 1 is 0.656 bits per heavy atom. The third-order valence-electron chi connectivity index (χ3n) is 6.33. The highest BCUT2D eigenvalue weighted by Gasteiger charge is 1.99. The van der Waals surface area contributed by atoms with E-state index in [9.17, 15) is 4.79 Å². The van der Waals surface area contributed by atoms with E-state index in [1.165, 1.54) is 108 Å². The van der Waals surface area contributed by atoms with E-state index in [1.54, 1.807) is 0 Å². The number of benzene rings is 1. The van der Waals surface area contributed by atoms with Crippen LogP contribution in [0, 0.1) is 0 Å². The Morgan fingerprint density at radius 2 is 1.12 bits per heavy atom. The van der Waals surface area contributed by atoms with Gasteiger partial charge in [0.05, 0.1) is 6.61 Å². The summed E-state index contributed by atoms with van der Waals surface area (Å²) in [6.45, 7) is 2.93. The van der Waals surface area contributed by atoms with Gasteiger partial charge in [-0.2, -0.15) is 0 Å². The summed E-state index contributed by atoms with van der Waals surface area (Å²) in [5.41, 5.74) is 6.54. The fourth-order valence-corrected chi connectivity index (χ4v) is 4.22. The molecule has 0 aliphatic heterocycles. The monoisotopic (exact) mass is 445 g/mol. The molecule has 3 heteroatoms. The van der Waals surface area contributed by atoms with Crippen molar-refractivity contribution in [1.82, 2.24) is 0 Å². The van der Waals surface area contributed by atoms with E-state index in [2.05, 4.69) is 31.2 Å². The summed E-state index contributed by atoms with van der Waals surface area (Å²) < 4.78 is 5.73. The summed E-state index contributed by atoms with van der Waals surface area (Å²) >= 11 is 0. The summed E-state index contributed by atoms with van der Waals surface area (Å²) in [5.74, 6) is 0.684. The van der Waals surface area contributed by atoms with Crippen LogP contribution in [0.1, 0.15) is 134 Å². The summed E-state index contributed by atoms with van der Waals surface area (Å²) in [4.78, 5) is 10.7. The molecule has 1 aromatic carbocycles. The topological polar surface area (TPSA) is 52.3 Å². The highest BCUT2D eigenvalue weighted by atomic mass is 16.5. The molecule has 1 aromatic rings. The van der Waals surface area contributed by atoms with Gasteiger partial charge in [-0.3, -0.25) is 4.79 Å². The number of carbonyl (C=O) groups excluding carboxylic acids is 1. The van der Waals surface area contributed by atoms with Crippen molar-refractivity contribution in [1.29, 1.82) is 0 Å². The van der Waals surface area contributed by atoms with Gasteiger partial charge in [0.25, 0.3) is 0 Å². The summed E-state index contributed by atoms with van der Waals surface area (Å²) in [6.07, 6.45) is 25.9. The summed E-state index contributed by atoms with van der Waals surface area (Å²) in [6, 6.07) is 8.50. The van der Waals surface area contributed by atoms with Crippen molar-refractivity contribution in [3.05, 3.63) is 29.8 Å². The SMILES string of the molecule is CCCCCCCCCCCCCCCCCCc1ccc(OCCCCC(N)=O)cc1. The quantitative estimate of drug-likeness (QED) is 0.172. The molecule has 0 saturated carbocycles. The number of rotatable bonds is 23. The lowest BCUT2D eigenvalue weighted by atomic mass is 10.0. The fraction of sp³-hybridized carbons (Fsp3) is 0.759. The van der Waals surface area contributed by atoms with Gasteiger partial charge in [-0.05, 0) is 43.4 Å². The molecule has 2 N–H and O–H groups in total. The molecule has 0 bridgehead atoms. The third-order valence-corrected chi connectivity index (χ3v) is 6.33. The number of hydrogen-bond acceptors (Lipinski definition) is 2. The molecule has 0 aliphatic rings. The van der Waals surface area contributed by atoms with Crippen molar-refractivity contribution in [3.8, 4) is 5.75 Å². The van der Waals surface area contributed by atoms with Gasteiger partial charge in [-0.25, -0.2) is 0 Å². The summed E-state index contributed by atoms with van der Waals surface area (Å²) in [5, 5.41) is 0. The van der Waals surface area contributed by atoms with Crippen LogP contribution in [0.5, 0.6) is 5.75 Å². The van der Waals surface area contributed by atoms with E-state index in [4.69, 9.17) is 10.5 Å². The molecule has 0 fully saturated rings. The van der Waals surface area contributed by atoms with Crippen LogP contribution in [0.4, 0.5) is 0 Å². The van der Waals surface area contributed by atoms with Gasteiger partial charge >= 0.3 is 0 Å². The molecule has 0 atom stereocenters. The average Bonchev–Trinajstić information content (AvgIpc) is 2.79. The van der Waals surface area contributed by atoms with Crippen molar-refractivity contribution in [3.63, 3.8) is 0 Å². The highest BCUT2D eigenvalue weighted by Crippen LogP contribution is 2.17. The number of hydrogen-bond donors (Lipinski definition) is 1. The number of unbranched alkanes of at least 4 members (excludes halogenated alkanes) is 16. The first-order valence-electron chi connectivity index (χ1n) is 13.7. The molecule has 0 heterocycles. The van der Waals surface area contributed by atoms with Crippen molar-refractivity contribution in [2.75, 3.05) is 6.61 Å². The predicted molar refractivity (Wildman–Crippen MR) is 138 cm³/mol. The second-order valence-corrected chi connectivity index (χ2v) is 9.47. The lowest BCUT2D eigenvalue weighted by molar-refractivity contribution is -0.118. The molecule has 3 nitrogen and oxygen atoms in total. The van der Waals surface area contributed by atoms with E-state index in [0.29, 0.717) is 13.0 Å². The largest absolute Gasteiger partial charge is 0.494 e. The molecular weight excluding hydrogens is 394 g/mol. The van der Waals surface area contributed by atoms with Gasteiger partial charge in [0.2, 0.25) is 5.91 Å². The molecule has 32 heavy (non-hydrogen) atoms. The number of primary amides is 1. The molecule has 1 rings (SSSR count). The standard InChI is InChI=1S/C29H51NO2/c1-2-3-4-5-6-7-8-9-10-11-12-13-14-15-16-17-20-27-22-24-28(25-23-27)32-26-19-18-21-29(30)31/h22-25H,2-21,26H2,1H3,(H2,30,31). The smallest absolute Gasteiger partial charge is 0.217 e. The number of nitrogens with two attached hydrogens (primary N) is 1. The minimum Gasteiger partial charge on any atom is -0.494 e. The maximum absolute atomic E-state index is 10.7. The lowest BCUT2D eigenvalue weighted by Gasteiger charge is -2.07. The molecule has 0 radical (unpaired) electrons. The van der Waals surface area contributed by atoms with Crippen LogP contribution in [-0.4, -0.2) is 12.5 Å². The van der Waals surface area contributed by atoms with Gasteiger partial charge in [0, 0.05) is 6.42 Å². The molecular formula is C29H51NO2. The Bertz CT molecular complexity index is 541. The van der Waals surface area contributed by atoms with E-state index >= 15 is 0 Å². The first-order chi connectivity index (χ1) is 15.7. The fourth-order valence-electron chi connectivity index (χ4n) is 4.22. The van der Waals surface area contributed by atoms with Crippen LogP contribution in [0.3, 0.4) is 0 Å². The average molecular weight is 446 g/mol. The summed E-state index contributed by atoms with van der Waals surface area (Å²) in [7, 11) is 0. The van der Waals surface area contributed by atoms with Crippen molar-refractivity contribution in [2.45, 2.75) is 135 Å². The second-order valence-electron chi connectivity index (χ2n) is 9.47. The molecule has 0 spiro atoms. The maximum atomic E-state index is 10.7. The van der Waals surface area contributed by atoms with Gasteiger partial charge < -0.3 is 10.5 Å². The Labute approximate surface area is 198 Å². The number of aryl methyl sites for hydroxylation is 1. The van der Waals surface area contributed by atoms with Crippen LogP contribution in [0.25, 0.3) is 0 Å². The highest BCUT2D eigenvalue weighted by molar-refractivity contribution is 5.73. The van der Waals surface area contributed by atoms with Crippen LogP contribution in [0.15, 0.2) is 24.3 Å². The van der Waals surface area contributed by atoms with E-state index in [0.717, 1.165) is 25.0 Å². The van der Waals surface area contributed by atoms with E-state index < -0.39 is 0 Å². The van der Waals surface area contributed by atoms with Gasteiger partial charge in [0.15, 0.2) is 0 Å². The van der Waals surface area contributed by atoms with Crippen molar-refractivity contribution >= 4 is 5.91 Å². The zero-order chi connectivity index (χ0) is 23.1. The Hall–Kier alpha value is -1.51. The number of carbonyl (C=O) groups is 1. The zero-order valence-electron chi connectivity index (χ0n) is 21.1. The predicted octanol–water partition coefficient (Wildman–Crippen LogP) is 8.53. The van der Waals surface area contributed by atoms with Gasteiger partial charge in [-0.1, -0.05) is 115 Å². The molecule has 0 aromatic heterocycles. The Balaban J connectivity index is 1.85. The molecule has 1 amide bonds. The number of ether oxygens (including phenoxy) is 1. The van der Waals surface area contributed by atoms with E-state index in [-0.39, 0.29) is 5.91 Å². The first-order valence-corrected chi connectivity index (χ1v) is 13.7. The minimum absolute atomic E-state index is 0.233. The third kappa shape index (κ3) is 18.1. The van der Waals surface area contributed by atoms with Gasteiger partial charge in [-0.15, -0.1) is 0 Å². The molecule has 0 saturated heterocycles. The van der Waals surface area contributed by atoms with Crippen LogP contribution >= 0.6 is 0 Å². The zero-order valence-corrected chi connectivity index (χ0v) is 21.1. The second kappa shape index (κ2) is 21.3. The van der Waals surface area contributed by atoms with Crippen LogP contribution in [0.2, 0.25) is 0 Å². The van der Waals surface area contributed by atoms with Crippen molar-refractivity contribution in [2.24, 2.45) is 5.73 Å². The maximum Gasteiger partial charge on any atom is 0.217 e. The van der Waals surface area contributed by atoms with Crippen LogP contribution < -0.4 is 10.5 Å². The van der Waals surface area contributed by atoms with Crippen LogP contribution in [-0.2, 0) is 11.2 Å². The lowest BCUT2D eigenvalue weighted by Crippen LogP contribution is -2.10. The Kier molecular flexibility index (Phi) is 19.0.